The lowest BCUT2D eigenvalue weighted by Gasteiger charge is -2.49. The first-order valence-corrected chi connectivity index (χ1v) is 10.5. The molecule has 2 fully saturated rings. The summed E-state index contributed by atoms with van der Waals surface area (Å²) in [5.74, 6) is 3.57. The maximum Gasteiger partial charge on any atom is 0.114 e. The van der Waals surface area contributed by atoms with Crippen molar-refractivity contribution < 1.29 is 4.74 Å². The summed E-state index contributed by atoms with van der Waals surface area (Å²) in [6.07, 6.45) is 16.5. The lowest BCUT2D eigenvalue weighted by Crippen LogP contribution is -2.50. The summed E-state index contributed by atoms with van der Waals surface area (Å²) >= 11 is 0. The van der Waals surface area contributed by atoms with Crippen molar-refractivity contribution in [2.24, 2.45) is 17.8 Å². The minimum absolute atomic E-state index is 0.665. The summed E-state index contributed by atoms with van der Waals surface area (Å²) in [5.41, 5.74) is 1.47. The van der Waals surface area contributed by atoms with Crippen LogP contribution in [0.3, 0.4) is 0 Å². The van der Waals surface area contributed by atoms with Gasteiger partial charge in [-0.2, -0.15) is 0 Å². The SMILES string of the molecule is COC1=CCC(C[C@@H]2C3CCCCC3CCN2Cc2ccccc2)C=C1. The summed E-state index contributed by atoms with van der Waals surface area (Å²) in [5, 5.41) is 0. The molecule has 140 valence electrons. The van der Waals surface area contributed by atoms with Crippen molar-refractivity contribution in [2.75, 3.05) is 13.7 Å². The molecule has 1 aromatic rings. The van der Waals surface area contributed by atoms with Gasteiger partial charge in [-0.1, -0.05) is 55.7 Å². The molecule has 4 atom stereocenters. The first-order valence-electron chi connectivity index (χ1n) is 10.5. The fourth-order valence-corrected chi connectivity index (χ4v) is 5.49. The number of methoxy groups -OCH3 is 1. The molecule has 1 aromatic carbocycles. The number of piperidine rings is 1. The Morgan fingerprint density at radius 3 is 2.69 bits per heavy atom. The summed E-state index contributed by atoms with van der Waals surface area (Å²) in [7, 11) is 1.77. The van der Waals surface area contributed by atoms with Crippen LogP contribution in [0.4, 0.5) is 0 Å². The lowest BCUT2D eigenvalue weighted by molar-refractivity contribution is 0.00859. The summed E-state index contributed by atoms with van der Waals surface area (Å²) in [4.78, 5) is 2.81. The van der Waals surface area contributed by atoms with Gasteiger partial charge in [0.2, 0.25) is 0 Å². The second kappa shape index (κ2) is 8.43. The molecule has 1 heterocycles. The molecule has 0 spiro atoms. The minimum atomic E-state index is 0.665. The summed E-state index contributed by atoms with van der Waals surface area (Å²) < 4.78 is 5.38. The quantitative estimate of drug-likeness (QED) is 0.688. The predicted molar refractivity (Wildman–Crippen MR) is 108 cm³/mol. The van der Waals surface area contributed by atoms with Gasteiger partial charge in [-0.15, -0.1) is 0 Å². The molecule has 0 amide bonds. The van der Waals surface area contributed by atoms with Gasteiger partial charge in [0.05, 0.1) is 7.11 Å². The van der Waals surface area contributed by atoms with Crippen LogP contribution in [0.15, 0.2) is 54.3 Å². The molecule has 1 aliphatic heterocycles. The van der Waals surface area contributed by atoms with Gasteiger partial charge in [-0.25, -0.2) is 0 Å². The summed E-state index contributed by atoms with van der Waals surface area (Å²) in [6, 6.07) is 11.8. The van der Waals surface area contributed by atoms with E-state index in [-0.39, 0.29) is 0 Å². The summed E-state index contributed by atoms with van der Waals surface area (Å²) in [6.45, 7) is 2.39. The molecule has 2 aliphatic carbocycles. The third-order valence-corrected chi connectivity index (χ3v) is 6.88. The molecule has 2 heteroatoms. The molecule has 4 rings (SSSR count). The predicted octanol–water partition coefficient (Wildman–Crippen LogP) is 5.56. The van der Waals surface area contributed by atoms with Crippen LogP contribution in [-0.4, -0.2) is 24.6 Å². The van der Waals surface area contributed by atoms with Crippen LogP contribution in [0.2, 0.25) is 0 Å². The lowest BCUT2D eigenvalue weighted by atomic mass is 9.68. The highest BCUT2D eigenvalue weighted by Gasteiger charge is 2.39. The van der Waals surface area contributed by atoms with E-state index in [2.05, 4.69) is 53.5 Å². The van der Waals surface area contributed by atoms with E-state index in [4.69, 9.17) is 4.74 Å². The molecule has 0 aromatic heterocycles. The zero-order valence-electron chi connectivity index (χ0n) is 16.1. The van der Waals surface area contributed by atoms with Crippen LogP contribution in [0.5, 0.6) is 0 Å². The molecular weight excluding hydrogens is 318 g/mol. The van der Waals surface area contributed by atoms with Gasteiger partial charge < -0.3 is 4.74 Å². The van der Waals surface area contributed by atoms with Gasteiger partial charge >= 0.3 is 0 Å². The fraction of sp³-hybridized carbons (Fsp3) is 0.583. The van der Waals surface area contributed by atoms with E-state index in [1.807, 2.05) is 0 Å². The van der Waals surface area contributed by atoms with Crippen molar-refractivity contribution in [2.45, 2.75) is 57.5 Å². The van der Waals surface area contributed by atoms with Gasteiger partial charge in [0.15, 0.2) is 0 Å². The Bertz CT molecular complexity index is 635. The number of allylic oxidation sites excluding steroid dienone is 3. The van der Waals surface area contributed by atoms with E-state index in [1.165, 1.54) is 50.6 Å². The highest BCUT2D eigenvalue weighted by atomic mass is 16.5. The van der Waals surface area contributed by atoms with Gasteiger partial charge in [-0.3, -0.25) is 4.90 Å². The Hall–Kier alpha value is -1.54. The molecule has 3 unspecified atom stereocenters. The number of rotatable bonds is 5. The van der Waals surface area contributed by atoms with Crippen molar-refractivity contribution in [1.82, 2.24) is 4.90 Å². The Kier molecular flexibility index (Phi) is 5.79. The van der Waals surface area contributed by atoms with E-state index < -0.39 is 0 Å². The van der Waals surface area contributed by atoms with Gasteiger partial charge in [0, 0.05) is 12.6 Å². The number of hydrogen-bond acceptors (Lipinski definition) is 2. The number of benzene rings is 1. The standard InChI is InChI=1S/C24H33NO/c1-26-22-13-11-19(12-14-22)17-24-23-10-6-5-9-21(23)15-16-25(24)18-20-7-3-2-4-8-20/h2-4,7-8,11,13-14,19,21,23-24H,5-6,9-10,12,15-18H2,1H3/t19?,21?,23?,24-/m1/s1. The van der Waals surface area contributed by atoms with Gasteiger partial charge in [-0.05, 0) is 67.7 Å². The molecular formula is C24H33NO. The first kappa shape index (κ1) is 17.9. The molecule has 0 bridgehead atoms. The molecule has 1 saturated heterocycles. The number of likely N-dealkylation sites (tertiary alicyclic amines) is 1. The van der Waals surface area contributed by atoms with Crippen LogP contribution in [0.1, 0.15) is 50.5 Å². The Morgan fingerprint density at radius 2 is 1.92 bits per heavy atom. The maximum atomic E-state index is 5.38. The number of fused-ring (bicyclic) bond motifs is 1. The van der Waals surface area contributed by atoms with E-state index in [0.717, 1.165) is 36.6 Å². The average Bonchev–Trinajstić information content (AvgIpc) is 2.71. The highest BCUT2D eigenvalue weighted by Crippen LogP contribution is 2.43. The van der Waals surface area contributed by atoms with Crippen molar-refractivity contribution in [3.8, 4) is 0 Å². The van der Waals surface area contributed by atoms with Crippen LogP contribution in [0.25, 0.3) is 0 Å². The monoisotopic (exact) mass is 351 g/mol. The highest BCUT2D eigenvalue weighted by molar-refractivity contribution is 5.19. The number of hydrogen-bond donors (Lipinski definition) is 0. The Morgan fingerprint density at radius 1 is 1.08 bits per heavy atom. The topological polar surface area (TPSA) is 12.5 Å². The fourth-order valence-electron chi connectivity index (χ4n) is 5.49. The number of nitrogens with zero attached hydrogens (tertiary/aromatic N) is 1. The smallest absolute Gasteiger partial charge is 0.114 e. The van der Waals surface area contributed by atoms with Crippen LogP contribution in [0, 0.1) is 17.8 Å². The van der Waals surface area contributed by atoms with E-state index in [1.54, 1.807) is 7.11 Å². The molecule has 2 nitrogen and oxygen atoms in total. The zero-order chi connectivity index (χ0) is 17.8. The van der Waals surface area contributed by atoms with Crippen LogP contribution >= 0.6 is 0 Å². The molecule has 26 heavy (non-hydrogen) atoms. The van der Waals surface area contributed by atoms with E-state index in [9.17, 15) is 0 Å². The third kappa shape index (κ3) is 4.06. The minimum Gasteiger partial charge on any atom is -0.497 e. The second-order valence-electron chi connectivity index (χ2n) is 8.42. The van der Waals surface area contributed by atoms with Gasteiger partial charge in [0.25, 0.3) is 0 Å². The van der Waals surface area contributed by atoms with E-state index in [0.29, 0.717) is 5.92 Å². The van der Waals surface area contributed by atoms with Crippen molar-refractivity contribution >= 4 is 0 Å². The zero-order valence-corrected chi connectivity index (χ0v) is 16.1. The Balaban J connectivity index is 1.49. The molecule has 0 radical (unpaired) electrons. The van der Waals surface area contributed by atoms with Crippen molar-refractivity contribution in [3.05, 3.63) is 59.9 Å². The van der Waals surface area contributed by atoms with Crippen LogP contribution < -0.4 is 0 Å². The van der Waals surface area contributed by atoms with Crippen molar-refractivity contribution in [3.63, 3.8) is 0 Å². The average molecular weight is 352 g/mol. The van der Waals surface area contributed by atoms with Gasteiger partial charge in [0.1, 0.15) is 5.76 Å². The number of ether oxygens (including phenoxy) is 1. The third-order valence-electron chi connectivity index (χ3n) is 6.88. The van der Waals surface area contributed by atoms with Crippen molar-refractivity contribution in [1.29, 1.82) is 0 Å². The molecule has 3 aliphatic rings. The molecule has 1 saturated carbocycles. The second-order valence-corrected chi connectivity index (χ2v) is 8.42. The molecule has 0 N–H and O–H groups in total. The van der Waals surface area contributed by atoms with Crippen LogP contribution in [-0.2, 0) is 11.3 Å². The van der Waals surface area contributed by atoms with E-state index >= 15 is 0 Å². The maximum absolute atomic E-state index is 5.38. The Labute approximate surface area is 158 Å². The normalized spacial score (nSPS) is 32.0. The largest absolute Gasteiger partial charge is 0.497 e. The first-order chi connectivity index (χ1) is 12.8.